The molecule has 2 aliphatic rings. The summed E-state index contributed by atoms with van der Waals surface area (Å²) in [5.41, 5.74) is 3.41. The number of piperazine rings is 1. The van der Waals surface area contributed by atoms with Crippen molar-refractivity contribution in [1.82, 2.24) is 9.80 Å². The van der Waals surface area contributed by atoms with Crippen LogP contribution in [-0.2, 0) is 16.1 Å². The number of rotatable bonds is 2. The Kier molecular flexibility index (Phi) is 5.81. The van der Waals surface area contributed by atoms with Gasteiger partial charge >= 0.3 is 0 Å². The van der Waals surface area contributed by atoms with E-state index in [-0.39, 0.29) is 18.4 Å². The number of halogens is 1. The van der Waals surface area contributed by atoms with E-state index in [0.29, 0.717) is 24.7 Å². The van der Waals surface area contributed by atoms with E-state index in [2.05, 4.69) is 16.3 Å². The molecule has 0 aliphatic carbocycles. The lowest BCUT2D eigenvalue weighted by Gasteiger charge is -2.41. The highest BCUT2D eigenvalue weighted by Crippen LogP contribution is 2.31. The molecule has 31 heavy (non-hydrogen) atoms. The Morgan fingerprint density at radius 2 is 1.81 bits per heavy atom. The highest BCUT2D eigenvalue weighted by Gasteiger charge is 2.40. The molecule has 0 saturated carbocycles. The van der Waals surface area contributed by atoms with E-state index in [9.17, 15) is 14.7 Å². The molecule has 2 aliphatic heterocycles. The molecule has 0 spiro atoms. The van der Waals surface area contributed by atoms with Crippen molar-refractivity contribution in [2.45, 2.75) is 39.5 Å². The fourth-order valence-electron chi connectivity index (χ4n) is 4.11. The average molecular weight is 442 g/mol. The fraction of sp³-hybridized carbons (Fsp3) is 0.417. The van der Waals surface area contributed by atoms with Crippen LogP contribution in [0.5, 0.6) is 0 Å². The highest BCUT2D eigenvalue weighted by molar-refractivity contribution is 6.30. The van der Waals surface area contributed by atoms with Gasteiger partial charge in [0, 0.05) is 36.9 Å². The molecule has 0 radical (unpaired) electrons. The Balaban J connectivity index is 1.55. The normalized spacial score (nSPS) is 20.4. The van der Waals surface area contributed by atoms with E-state index in [1.165, 1.54) is 0 Å². The molecule has 2 N–H and O–H groups in total. The van der Waals surface area contributed by atoms with Gasteiger partial charge in [0.1, 0.15) is 12.1 Å². The number of carbonyl (C=O) groups excluding carboxylic acids is 2. The van der Waals surface area contributed by atoms with Gasteiger partial charge in [-0.1, -0.05) is 50.6 Å². The van der Waals surface area contributed by atoms with Crippen LogP contribution in [-0.4, -0.2) is 58.5 Å². The molecule has 1 fully saturated rings. The summed E-state index contributed by atoms with van der Waals surface area (Å²) in [6, 6.07) is 13.3. The smallest absolute Gasteiger partial charge is 0.252 e. The Labute approximate surface area is 187 Å². The minimum Gasteiger partial charge on any atom is -0.383 e. The molecule has 2 aromatic carbocycles. The topological polar surface area (TPSA) is 72.9 Å². The number of benzene rings is 2. The number of anilines is 1. The van der Waals surface area contributed by atoms with Crippen molar-refractivity contribution >= 4 is 29.1 Å². The van der Waals surface area contributed by atoms with Crippen LogP contribution in [0.1, 0.15) is 26.3 Å². The second kappa shape index (κ2) is 8.26. The van der Waals surface area contributed by atoms with Gasteiger partial charge in [0.05, 0.1) is 0 Å². The molecular formula is C24H28ClN3O3. The minimum atomic E-state index is -1.09. The van der Waals surface area contributed by atoms with E-state index in [4.69, 9.17) is 11.6 Å². The van der Waals surface area contributed by atoms with E-state index in [0.717, 1.165) is 22.4 Å². The van der Waals surface area contributed by atoms with Gasteiger partial charge in [-0.15, -0.1) is 0 Å². The number of amides is 2. The van der Waals surface area contributed by atoms with Crippen LogP contribution in [0.15, 0.2) is 42.5 Å². The van der Waals surface area contributed by atoms with Crippen molar-refractivity contribution in [2.75, 3.05) is 25.0 Å². The molecule has 164 valence electrons. The number of carbonyl (C=O) groups is 2. The summed E-state index contributed by atoms with van der Waals surface area (Å²) < 4.78 is 0. The first-order valence-corrected chi connectivity index (χ1v) is 10.9. The Morgan fingerprint density at radius 3 is 2.48 bits per heavy atom. The zero-order chi connectivity index (χ0) is 22.3. The predicted molar refractivity (Wildman–Crippen MR) is 122 cm³/mol. The lowest BCUT2D eigenvalue weighted by Crippen LogP contribution is -2.60. The summed E-state index contributed by atoms with van der Waals surface area (Å²) in [5, 5.41) is 14.1. The quantitative estimate of drug-likeness (QED) is 0.749. The molecule has 2 atom stereocenters. The van der Waals surface area contributed by atoms with Crippen LogP contribution in [0, 0.1) is 5.41 Å². The van der Waals surface area contributed by atoms with Crippen LogP contribution in [0.3, 0.4) is 0 Å². The SMILES string of the molecule is CC(C)(C)C(O)C(=O)N1CCN2Cc3cc(-c4ccc(Cl)cc4)ccc3NC(=O)C2C1. The van der Waals surface area contributed by atoms with E-state index in [1.54, 1.807) is 4.90 Å². The third-order valence-corrected chi connectivity index (χ3v) is 6.33. The average Bonchev–Trinajstić information content (AvgIpc) is 2.87. The van der Waals surface area contributed by atoms with Gasteiger partial charge in [-0.2, -0.15) is 0 Å². The van der Waals surface area contributed by atoms with Crippen molar-refractivity contribution in [1.29, 1.82) is 0 Å². The second-order valence-corrected chi connectivity index (χ2v) is 9.84. The van der Waals surface area contributed by atoms with E-state index < -0.39 is 17.6 Å². The number of aliphatic hydroxyl groups excluding tert-OH is 1. The fourth-order valence-corrected chi connectivity index (χ4v) is 4.23. The van der Waals surface area contributed by atoms with Gasteiger partial charge in [-0.05, 0) is 46.4 Å². The monoisotopic (exact) mass is 441 g/mol. The molecular weight excluding hydrogens is 414 g/mol. The number of hydrogen-bond acceptors (Lipinski definition) is 4. The Morgan fingerprint density at radius 1 is 1.13 bits per heavy atom. The van der Waals surface area contributed by atoms with Crippen molar-refractivity contribution in [3.63, 3.8) is 0 Å². The zero-order valence-corrected chi connectivity index (χ0v) is 18.8. The molecule has 6 nitrogen and oxygen atoms in total. The van der Waals surface area contributed by atoms with Gasteiger partial charge in [0.25, 0.3) is 5.91 Å². The lowest BCUT2D eigenvalue weighted by atomic mass is 9.88. The number of aliphatic hydroxyl groups is 1. The molecule has 2 heterocycles. The molecule has 2 aromatic rings. The van der Waals surface area contributed by atoms with Gasteiger partial charge in [-0.3, -0.25) is 14.5 Å². The number of nitrogens with zero attached hydrogens (tertiary/aromatic N) is 2. The maximum atomic E-state index is 13.0. The summed E-state index contributed by atoms with van der Waals surface area (Å²) in [5.74, 6) is -0.438. The van der Waals surface area contributed by atoms with E-state index in [1.807, 2.05) is 57.2 Å². The number of hydrogen-bond donors (Lipinski definition) is 2. The maximum absolute atomic E-state index is 13.0. The predicted octanol–water partition coefficient (Wildman–Crippen LogP) is 3.38. The second-order valence-electron chi connectivity index (χ2n) is 9.41. The zero-order valence-electron chi connectivity index (χ0n) is 18.1. The summed E-state index contributed by atoms with van der Waals surface area (Å²) >= 11 is 6.01. The van der Waals surface area contributed by atoms with Crippen molar-refractivity contribution in [3.8, 4) is 11.1 Å². The summed E-state index contributed by atoms with van der Waals surface area (Å²) in [4.78, 5) is 29.5. The first-order chi connectivity index (χ1) is 14.6. The van der Waals surface area contributed by atoms with Crippen LogP contribution in [0.4, 0.5) is 5.69 Å². The number of fused-ring (bicyclic) bond motifs is 2. The summed E-state index contributed by atoms with van der Waals surface area (Å²) in [6.45, 7) is 7.45. The first-order valence-electron chi connectivity index (χ1n) is 10.5. The van der Waals surface area contributed by atoms with E-state index >= 15 is 0 Å². The van der Waals surface area contributed by atoms with Crippen LogP contribution < -0.4 is 5.32 Å². The van der Waals surface area contributed by atoms with Gasteiger partial charge in [0.2, 0.25) is 5.91 Å². The first kappa shape index (κ1) is 21.8. The standard InChI is InChI=1S/C24H28ClN3O3/c1-24(2,3)21(29)23(31)28-11-10-27-13-17-12-16(15-4-7-18(25)8-5-15)6-9-19(17)26-22(30)20(27)14-28/h4-9,12,20-21,29H,10-11,13-14H2,1-3H3,(H,26,30). The molecule has 2 unspecified atom stereocenters. The third kappa shape index (κ3) is 4.47. The summed E-state index contributed by atoms with van der Waals surface area (Å²) in [7, 11) is 0. The summed E-state index contributed by atoms with van der Waals surface area (Å²) in [6.07, 6.45) is -1.09. The van der Waals surface area contributed by atoms with Crippen molar-refractivity contribution in [2.24, 2.45) is 5.41 Å². The third-order valence-electron chi connectivity index (χ3n) is 6.07. The lowest BCUT2D eigenvalue weighted by molar-refractivity contribution is -0.149. The van der Waals surface area contributed by atoms with Crippen molar-refractivity contribution in [3.05, 3.63) is 53.1 Å². The molecule has 1 saturated heterocycles. The molecule has 0 bridgehead atoms. The minimum absolute atomic E-state index is 0.124. The van der Waals surface area contributed by atoms with Gasteiger partial charge in [0.15, 0.2) is 0 Å². The molecule has 2 amide bonds. The molecule has 7 heteroatoms. The van der Waals surface area contributed by atoms with Gasteiger partial charge < -0.3 is 15.3 Å². The molecule has 0 aromatic heterocycles. The van der Waals surface area contributed by atoms with Crippen LogP contribution in [0.2, 0.25) is 5.02 Å². The highest BCUT2D eigenvalue weighted by atomic mass is 35.5. The van der Waals surface area contributed by atoms with Crippen molar-refractivity contribution < 1.29 is 14.7 Å². The maximum Gasteiger partial charge on any atom is 0.252 e. The Hall–Kier alpha value is -2.41. The Bertz CT molecular complexity index is 1000. The number of nitrogens with one attached hydrogen (secondary N) is 1. The van der Waals surface area contributed by atoms with Crippen LogP contribution >= 0.6 is 11.6 Å². The largest absolute Gasteiger partial charge is 0.383 e. The van der Waals surface area contributed by atoms with Gasteiger partial charge in [-0.25, -0.2) is 0 Å². The van der Waals surface area contributed by atoms with Crippen LogP contribution in [0.25, 0.3) is 11.1 Å². The molecule has 4 rings (SSSR count).